The van der Waals surface area contributed by atoms with Gasteiger partial charge >= 0.3 is 0 Å². The first kappa shape index (κ1) is 27.4. The number of halogens is 2. The number of hydrogen-bond donors (Lipinski definition) is 1. The lowest BCUT2D eigenvalue weighted by Crippen LogP contribution is -2.63. The van der Waals surface area contributed by atoms with Gasteiger partial charge in [0.25, 0.3) is 5.92 Å². The third kappa shape index (κ3) is 5.59. The molecule has 2 fully saturated rings. The molecule has 9 heteroatoms. The summed E-state index contributed by atoms with van der Waals surface area (Å²) in [5.41, 5.74) is 0.849. The molecule has 1 N–H and O–H groups in total. The number of morpholine rings is 1. The predicted molar refractivity (Wildman–Crippen MR) is 138 cm³/mol. The SMILES string of the molecule is CCCC(F)(F)c1cc2c(cn1)C(C)(C)CN2C(=O)CN1C[C@@H](C)NC[C@@H]1CN1[C@H](C)COC[C@H]1C. The Labute approximate surface area is 214 Å². The van der Waals surface area contributed by atoms with Gasteiger partial charge in [0, 0.05) is 73.9 Å². The summed E-state index contributed by atoms with van der Waals surface area (Å²) < 4.78 is 35.1. The second-order valence-electron chi connectivity index (χ2n) is 11.7. The molecule has 3 aliphatic heterocycles. The molecule has 0 aliphatic carbocycles. The van der Waals surface area contributed by atoms with Crippen LogP contribution < -0.4 is 10.2 Å². The van der Waals surface area contributed by atoms with E-state index in [0.29, 0.717) is 30.7 Å². The highest BCUT2D eigenvalue weighted by Gasteiger charge is 2.42. The van der Waals surface area contributed by atoms with Gasteiger partial charge < -0.3 is 15.0 Å². The second-order valence-corrected chi connectivity index (χ2v) is 11.7. The van der Waals surface area contributed by atoms with Crippen molar-refractivity contribution >= 4 is 11.6 Å². The quantitative estimate of drug-likeness (QED) is 0.611. The molecule has 4 rings (SSSR count). The Hall–Kier alpha value is -1.68. The van der Waals surface area contributed by atoms with Gasteiger partial charge in [0.1, 0.15) is 5.69 Å². The Morgan fingerprint density at radius 2 is 1.94 bits per heavy atom. The Morgan fingerprint density at radius 1 is 1.25 bits per heavy atom. The number of nitrogens with zero attached hydrogens (tertiary/aromatic N) is 4. The summed E-state index contributed by atoms with van der Waals surface area (Å²) in [5, 5.41) is 3.57. The molecule has 2 saturated heterocycles. The van der Waals surface area contributed by atoms with Crippen molar-refractivity contribution < 1.29 is 18.3 Å². The number of pyridine rings is 1. The zero-order chi connectivity index (χ0) is 26.3. The lowest BCUT2D eigenvalue weighted by atomic mass is 9.88. The van der Waals surface area contributed by atoms with E-state index in [1.807, 2.05) is 13.8 Å². The van der Waals surface area contributed by atoms with Gasteiger partial charge in [-0.1, -0.05) is 27.2 Å². The van der Waals surface area contributed by atoms with Crippen LogP contribution in [-0.2, 0) is 20.9 Å². The maximum atomic E-state index is 14.7. The van der Waals surface area contributed by atoms with Crippen molar-refractivity contribution in [3.05, 3.63) is 23.5 Å². The van der Waals surface area contributed by atoms with Crippen molar-refractivity contribution in [2.24, 2.45) is 0 Å². The first-order valence-corrected chi connectivity index (χ1v) is 13.4. The van der Waals surface area contributed by atoms with Crippen molar-refractivity contribution in [2.45, 2.75) is 89.9 Å². The second kappa shape index (κ2) is 10.6. The van der Waals surface area contributed by atoms with E-state index in [2.05, 4.69) is 40.9 Å². The molecule has 0 bridgehead atoms. The summed E-state index contributed by atoms with van der Waals surface area (Å²) in [5.74, 6) is -3.05. The Morgan fingerprint density at radius 3 is 2.61 bits per heavy atom. The van der Waals surface area contributed by atoms with Crippen LogP contribution in [0.15, 0.2) is 12.3 Å². The average molecular weight is 508 g/mol. The number of aromatic nitrogens is 1. The van der Waals surface area contributed by atoms with E-state index in [4.69, 9.17) is 4.74 Å². The van der Waals surface area contributed by atoms with Crippen LogP contribution in [0.1, 0.15) is 65.6 Å². The average Bonchev–Trinajstić information content (AvgIpc) is 3.08. The first-order chi connectivity index (χ1) is 16.9. The smallest absolute Gasteiger partial charge is 0.289 e. The normalized spacial score (nSPS) is 29.4. The van der Waals surface area contributed by atoms with Gasteiger partial charge in [0.2, 0.25) is 5.91 Å². The van der Waals surface area contributed by atoms with E-state index in [-0.39, 0.29) is 42.1 Å². The number of nitrogens with one attached hydrogen (secondary N) is 1. The van der Waals surface area contributed by atoms with Crippen LogP contribution in [0.2, 0.25) is 0 Å². The molecular weight excluding hydrogens is 464 g/mol. The van der Waals surface area contributed by atoms with E-state index >= 15 is 0 Å². The van der Waals surface area contributed by atoms with Crippen LogP contribution in [0.25, 0.3) is 0 Å². The van der Waals surface area contributed by atoms with Crippen LogP contribution in [0.3, 0.4) is 0 Å². The third-order valence-electron chi connectivity index (χ3n) is 8.03. The molecule has 1 amide bonds. The minimum absolute atomic E-state index is 0.0417. The van der Waals surface area contributed by atoms with Gasteiger partial charge in [-0.15, -0.1) is 0 Å². The minimum atomic E-state index is -3.00. The number of rotatable bonds is 7. The summed E-state index contributed by atoms with van der Waals surface area (Å²) in [7, 11) is 0. The molecule has 0 aromatic carbocycles. The van der Waals surface area contributed by atoms with Crippen molar-refractivity contribution in [2.75, 3.05) is 50.8 Å². The number of amides is 1. The zero-order valence-electron chi connectivity index (χ0n) is 22.7. The number of hydrogen-bond acceptors (Lipinski definition) is 6. The highest BCUT2D eigenvalue weighted by atomic mass is 19.3. The zero-order valence-corrected chi connectivity index (χ0v) is 22.7. The third-order valence-corrected chi connectivity index (χ3v) is 8.03. The molecule has 4 atom stereocenters. The molecule has 0 radical (unpaired) electrons. The molecule has 0 unspecified atom stereocenters. The van der Waals surface area contributed by atoms with E-state index in [1.165, 1.54) is 6.07 Å². The van der Waals surface area contributed by atoms with Gasteiger partial charge in [-0.3, -0.25) is 19.6 Å². The minimum Gasteiger partial charge on any atom is -0.378 e. The van der Waals surface area contributed by atoms with Gasteiger partial charge in [0.05, 0.1) is 25.4 Å². The van der Waals surface area contributed by atoms with Gasteiger partial charge in [-0.05, 0) is 26.8 Å². The van der Waals surface area contributed by atoms with Crippen LogP contribution in [0.5, 0.6) is 0 Å². The lowest BCUT2D eigenvalue weighted by molar-refractivity contribution is -0.121. The fourth-order valence-corrected chi connectivity index (χ4v) is 5.92. The molecule has 36 heavy (non-hydrogen) atoms. The molecule has 4 heterocycles. The number of ether oxygens (including phenoxy) is 1. The highest BCUT2D eigenvalue weighted by molar-refractivity contribution is 5.97. The van der Waals surface area contributed by atoms with Crippen molar-refractivity contribution in [3.8, 4) is 0 Å². The molecule has 0 saturated carbocycles. The van der Waals surface area contributed by atoms with E-state index in [9.17, 15) is 13.6 Å². The summed E-state index contributed by atoms with van der Waals surface area (Å²) in [4.78, 5) is 24.3. The van der Waals surface area contributed by atoms with Crippen LogP contribution in [-0.4, -0.2) is 90.8 Å². The summed E-state index contributed by atoms with van der Waals surface area (Å²) in [6, 6.07) is 2.57. The number of carbonyl (C=O) groups is 1. The van der Waals surface area contributed by atoms with Crippen molar-refractivity contribution in [3.63, 3.8) is 0 Å². The molecule has 7 nitrogen and oxygen atoms in total. The summed E-state index contributed by atoms with van der Waals surface area (Å²) in [6.07, 6.45) is 1.66. The standard InChI is InChI=1S/C27H43F2N5O2/c1-7-8-27(28,29)24-9-23-22(11-31-24)26(5,6)17-34(23)25(35)14-32-12-18(2)30-10-21(32)13-33-19(3)15-36-16-20(33)4/h9,11,18-21,30H,7-8,10,12-17H2,1-6H3/t18-,19-,20-,21-/m1/s1. The number of piperazine rings is 1. The fraction of sp³-hybridized carbons (Fsp3) is 0.778. The van der Waals surface area contributed by atoms with E-state index in [0.717, 1.165) is 38.4 Å². The van der Waals surface area contributed by atoms with Crippen LogP contribution in [0, 0.1) is 0 Å². The lowest BCUT2D eigenvalue weighted by Gasteiger charge is -2.46. The topological polar surface area (TPSA) is 60.9 Å². The predicted octanol–water partition coefficient (Wildman–Crippen LogP) is 3.37. The maximum Gasteiger partial charge on any atom is 0.289 e. The number of fused-ring (bicyclic) bond motifs is 1. The maximum absolute atomic E-state index is 14.7. The van der Waals surface area contributed by atoms with E-state index < -0.39 is 5.92 Å². The monoisotopic (exact) mass is 507 g/mol. The highest BCUT2D eigenvalue weighted by Crippen LogP contribution is 2.43. The Bertz CT molecular complexity index is 933. The number of alkyl halides is 2. The van der Waals surface area contributed by atoms with Crippen molar-refractivity contribution in [1.29, 1.82) is 0 Å². The first-order valence-electron chi connectivity index (χ1n) is 13.4. The summed E-state index contributed by atoms with van der Waals surface area (Å²) in [6.45, 7) is 16.9. The molecule has 1 aromatic rings. The largest absolute Gasteiger partial charge is 0.378 e. The molecule has 3 aliphatic rings. The fourth-order valence-electron chi connectivity index (χ4n) is 5.92. The Balaban J connectivity index is 1.54. The van der Waals surface area contributed by atoms with Gasteiger partial charge in [0.15, 0.2) is 0 Å². The number of anilines is 1. The van der Waals surface area contributed by atoms with Crippen molar-refractivity contribution in [1.82, 2.24) is 20.1 Å². The molecule has 0 spiro atoms. The molecular formula is C27H43F2N5O2. The molecule has 202 valence electrons. The summed E-state index contributed by atoms with van der Waals surface area (Å²) >= 11 is 0. The van der Waals surface area contributed by atoms with Gasteiger partial charge in [-0.2, -0.15) is 8.78 Å². The van der Waals surface area contributed by atoms with E-state index in [1.54, 1.807) is 18.0 Å². The van der Waals surface area contributed by atoms with Crippen LogP contribution in [0.4, 0.5) is 14.5 Å². The van der Waals surface area contributed by atoms with Crippen LogP contribution >= 0.6 is 0 Å². The van der Waals surface area contributed by atoms with Gasteiger partial charge in [-0.25, -0.2) is 0 Å². The number of carbonyl (C=O) groups excluding carboxylic acids is 1. The molecule has 1 aromatic heterocycles. The Kier molecular flexibility index (Phi) is 8.05.